The zero-order valence-electron chi connectivity index (χ0n) is 12.5. The minimum atomic E-state index is -0.0395. The number of methoxy groups -OCH3 is 1. The largest absolute Gasteiger partial charge is 0.497 e. The molecule has 3 rings (SSSR count). The topological polar surface area (TPSA) is 44.1 Å². The number of carbonyl (C=O) groups excluding carboxylic acids is 1. The molecule has 0 spiro atoms. The van der Waals surface area contributed by atoms with E-state index in [1.807, 2.05) is 42.1 Å². The maximum atomic E-state index is 12.1. The summed E-state index contributed by atoms with van der Waals surface area (Å²) in [6.45, 7) is 0. The smallest absolute Gasteiger partial charge is 0.185 e. The monoisotopic (exact) mass is 292 g/mol. The third kappa shape index (κ3) is 2.63. The lowest BCUT2D eigenvalue weighted by atomic mass is 10.1. The second-order valence-corrected chi connectivity index (χ2v) is 5.01. The van der Waals surface area contributed by atoms with Gasteiger partial charge in [0.1, 0.15) is 5.75 Å². The predicted octanol–water partition coefficient (Wildman–Crippen LogP) is 3.48. The number of rotatable bonds is 4. The van der Waals surface area contributed by atoms with Gasteiger partial charge in [-0.3, -0.25) is 9.78 Å². The molecule has 0 aliphatic carbocycles. The Morgan fingerprint density at radius 3 is 2.73 bits per heavy atom. The first-order valence-electron chi connectivity index (χ1n) is 6.94. The van der Waals surface area contributed by atoms with Crippen molar-refractivity contribution in [2.45, 2.75) is 0 Å². The summed E-state index contributed by atoms with van der Waals surface area (Å²) in [6.07, 6.45) is 8.66. The van der Waals surface area contributed by atoms with Crippen molar-refractivity contribution in [3.05, 3.63) is 66.1 Å². The van der Waals surface area contributed by atoms with Gasteiger partial charge < -0.3 is 9.30 Å². The molecule has 0 saturated carbocycles. The van der Waals surface area contributed by atoms with Crippen LogP contribution in [0, 0.1) is 0 Å². The van der Waals surface area contributed by atoms with Crippen LogP contribution in [0.4, 0.5) is 0 Å². The number of carbonyl (C=O) groups is 1. The molecule has 0 radical (unpaired) electrons. The molecule has 0 unspecified atom stereocenters. The molecule has 0 fully saturated rings. The molecule has 0 bridgehead atoms. The molecule has 2 heterocycles. The third-order valence-electron chi connectivity index (χ3n) is 3.61. The summed E-state index contributed by atoms with van der Waals surface area (Å²) in [5.74, 6) is 0.760. The van der Waals surface area contributed by atoms with Crippen molar-refractivity contribution in [3.8, 4) is 5.75 Å². The van der Waals surface area contributed by atoms with Crippen LogP contribution in [0.3, 0.4) is 0 Å². The Balaban J connectivity index is 1.96. The Morgan fingerprint density at radius 1 is 1.23 bits per heavy atom. The first kappa shape index (κ1) is 14.1. The van der Waals surface area contributed by atoms with E-state index in [-0.39, 0.29) is 5.78 Å². The van der Waals surface area contributed by atoms with Gasteiger partial charge >= 0.3 is 0 Å². The van der Waals surface area contributed by atoms with Crippen LogP contribution in [0.5, 0.6) is 5.75 Å². The average Bonchev–Trinajstić information content (AvgIpc) is 2.89. The molecule has 0 aliphatic heterocycles. The van der Waals surface area contributed by atoms with E-state index < -0.39 is 0 Å². The van der Waals surface area contributed by atoms with Crippen molar-refractivity contribution < 1.29 is 9.53 Å². The van der Waals surface area contributed by atoms with Gasteiger partial charge in [0.2, 0.25) is 0 Å². The zero-order chi connectivity index (χ0) is 15.5. The van der Waals surface area contributed by atoms with Gasteiger partial charge in [-0.25, -0.2) is 0 Å². The minimum absolute atomic E-state index is 0.0395. The number of fused-ring (bicyclic) bond motifs is 1. The SMILES string of the molecule is COc1ccc2c(c1)c(/C=C/C(=O)c1ccncc1)cn2C. The fraction of sp³-hybridized carbons (Fsp3) is 0.111. The summed E-state index contributed by atoms with van der Waals surface area (Å²) in [5.41, 5.74) is 2.71. The Morgan fingerprint density at radius 2 is 2.00 bits per heavy atom. The molecule has 0 saturated heterocycles. The van der Waals surface area contributed by atoms with Gasteiger partial charge in [0, 0.05) is 47.7 Å². The molecule has 2 aromatic heterocycles. The summed E-state index contributed by atoms with van der Waals surface area (Å²) in [7, 11) is 3.63. The minimum Gasteiger partial charge on any atom is -0.497 e. The highest BCUT2D eigenvalue weighted by Crippen LogP contribution is 2.26. The molecule has 1 aromatic carbocycles. The maximum absolute atomic E-state index is 12.1. The van der Waals surface area contributed by atoms with E-state index in [2.05, 4.69) is 4.98 Å². The van der Waals surface area contributed by atoms with E-state index in [0.29, 0.717) is 5.56 Å². The lowest BCUT2D eigenvalue weighted by molar-refractivity contribution is 0.104. The first-order chi connectivity index (χ1) is 10.7. The van der Waals surface area contributed by atoms with Crippen molar-refractivity contribution in [2.24, 2.45) is 7.05 Å². The fourth-order valence-corrected chi connectivity index (χ4v) is 2.44. The summed E-state index contributed by atoms with van der Waals surface area (Å²) in [4.78, 5) is 16.1. The molecule has 0 atom stereocenters. The number of hydrogen-bond donors (Lipinski definition) is 0. The quantitative estimate of drug-likeness (QED) is 0.546. The highest BCUT2D eigenvalue weighted by molar-refractivity contribution is 6.07. The van der Waals surface area contributed by atoms with Crippen LogP contribution in [0.2, 0.25) is 0 Å². The second kappa shape index (κ2) is 5.85. The van der Waals surface area contributed by atoms with Crippen molar-refractivity contribution in [1.29, 1.82) is 0 Å². The van der Waals surface area contributed by atoms with Crippen LogP contribution in [0.25, 0.3) is 17.0 Å². The van der Waals surface area contributed by atoms with E-state index in [0.717, 1.165) is 22.2 Å². The number of aromatic nitrogens is 2. The fourth-order valence-electron chi connectivity index (χ4n) is 2.44. The van der Waals surface area contributed by atoms with E-state index in [9.17, 15) is 4.79 Å². The molecule has 0 aliphatic rings. The lowest BCUT2D eigenvalue weighted by Crippen LogP contribution is -1.93. The molecule has 22 heavy (non-hydrogen) atoms. The molecule has 110 valence electrons. The molecule has 4 heteroatoms. The van der Waals surface area contributed by atoms with Gasteiger partial charge in [0.15, 0.2) is 5.78 Å². The van der Waals surface area contributed by atoms with Gasteiger partial charge in [-0.2, -0.15) is 0 Å². The summed E-state index contributed by atoms with van der Waals surface area (Å²) >= 11 is 0. The summed E-state index contributed by atoms with van der Waals surface area (Å²) in [6, 6.07) is 9.33. The van der Waals surface area contributed by atoms with Crippen molar-refractivity contribution >= 4 is 22.8 Å². The number of benzene rings is 1. The number of nitrogens with zero attached hydrogens (tertiary/aromatic N) is 2. The molecule has 0 N–H and O–H groups in total. The van der Waals surface area contributed by atoms with Gasteiger partial charge in [-0.1, -0.05) is 0 Å². The standard InChI is InChI=1S/C18H16N2O2/c1-20-12-14(16-11-15(22-2)4-5-17(16)20)3-6-18(21)13-7-9-19-10-8-13/h3-12H,1-2H3/b6-3+. The number of hydrogen-bond acceptors (Lipinski definition) is 3. The summed E-state index contributed by atoms with van der Waals surface area (Å²) in [5, 5.41) is 1.06. The van der Waals surface area contributed by atoms with Crippen molar-refractivity contribution in [1.82, 2.24) is 9.55 Å². The van der Waals surface area contributed by atoms with Crippen molar-refractivity contribution in [3.63, 3.8) is 0 Å². The lowest BCUT2D eigenvalue weighted by Gasteiger charge is -2.00. The van der Waals surface area contributed by atoms with E-state index >= 15 is 0 Å². The Bertz CT molecular complexity index is 848. The van der Waals surface area contributed by atoms with Crippen LogP contribution < -0.4 is 4.74 Å². The maximum Gasteiger partial charge on any atom is 0.185 e. The van der Waals surface area contributed by atoms with Crippen LogP contribution in [-0.2, 0) is 7.05 Å². The van der Waals surface area contributed by atoms with Crippen LogP contribution in [0.1, 0.15) is 15.9 Å². The number of aryl methyl sites for hydroxylation is 1. The number of ether oxygens (including phenoxy) is 1. The van der Waals surface area contributed by atoms with Crippen molar-refractivity contribution in [2.75, 3.05) is 7.11 Å². The predicted molar refractivity (Wildman–Crippen MR) is 87.1 cm³/mol. The number of pyridine rings is 1. The van der Waals surface area contributed by atoms with Crippen LogP contribution >= 0.6 is 0 Å². The summed E-state index contributed by atoms with van der Waals surface area (Å²) < 4.78 is 7.31. The zero-order valence-corrected chi connectivity index (χ0v) is 12.5. The molecular formula is C18H16N2O2. The highest BCUT2D eigenvalue weighted by atomic mass is 16.5. The normalized spacial score (nSPS) is 11.2. The average molecular weight is 292 g/mol. The van der Waals surface area contributed by atoms with Gasteiger partial charge in [0.05, 0.1) is 7.11 Å². The Kier molecular flexibility index (Phi) is 3.74. The second-order valence-electron chi connectivity index (χ2n) is 5.01. The van der Waals surface area contributed by atoms with Gasteiger partial charge in [0.25, 0.3) is 0 Å². The highest BCUT2D eigenvalue weighted by Gasteiger charge is 2.07. The number of ketones is 1. The molecule has 0 amide bonds. The third-order valence-corrected chi connectivity index (χ3v) is 3.61. The molecule has 4 nitrogen and oxygen atoms in total. The van der Waals surface area contributed by atoms with E-state index in [1.54, 1.807) is 37.7 Å². The van der Waals surface area contributed by atoms with E-state index in [1.165, 1.54) is 0 Å². The molecular weight excluding hydrogens is 276 g/mol. The Labute approximate surface area is 128 Å². The van der Waals surface area contributed by atoms with Crippen LogP contribution in [0.15, 0.2) is 55.0 Å². The van der Waals surface area contributed by atoms with Gasteiger partial charge in [-0.05, 0) is 42.5 Å². The van der Waals surface area contributed by atoms with E-state index in [4.69, 9.17) is 4.74 Å². The van der Waals surface area contributed by atoms with Gasteiger partial charge in [-0.15, -0.1) is 0 Å². The Hall–Kier alpha value is -2.88. The number of allylic oxidation sites excluding steroid dienone is 1. The molecule has 3 aromatic rings. The first-order valence-corrected chi connectivity index (χ1v) is 6.94. The van der Waals surface area contributed by atoms with Crippen LogP contribution in [-0.4, -0.2) is 22.4 Å².